The molecule has 4 aromatic rings. The quantitative estimate of drug-likeness (QED) is 0.260. The van der Waals surface area contributed by atoms with Gasteiger partial charge in [0.1, 0.15) is 0 Å². The van der Waals surface area contributed by atoms with Crippen LogP contribution in [0.5, 0.6) is 0 Å². The van der Waals surface area contributed by atoms with Gasteiger partial charge in [-0.3, -0.25) is 0 Å². The molecule has 2 heteroatoms. The first kappa shape index (κ1) is 22.0. The average molecular weight is 420 g/mol. The standard InChI is InChI=1S/C14H10.2C5H5.2Fe/c1-2-6-11(5-1)13-9-10-14(13)12-7-3-4-8-12;2*1-2-4-5-3-1;;/h1-10H;2*1-5H;;/q-2;2*-1;2*+2. The molecule has 0 saturated carbocycles. The third kappa shape index (κ3) is 6.33. The SMILES string of the molecule is C1=CC([c-]2cccc2)=C1[c-]1cccc1.[Fe+2].[Fe+2].c1cc[cH-]c1.c1cc[cH-]c1. The van der Waals surface area contributed by atoms with Crippen LogP contribution in [-0.4, -0.2) is 0 Å². The van der Waals surface area contributed by atoms with E-state index in [0.717, 1.165) is 0 Å². The third-order valence-electron chi connectivity index (χ3n) is 3.77. The molecule has 0 aliphatic heterocycles. The van der Waals surface area contributed by atoms with E-state index in [1.165, 1.54) is 22.3 Å². The Morgan fingerprint density at radius 2 is 0.769 bits per heavy atom. The van der Waals surface area contributed by atoms with Crippen molar-refractivity contribution < 1.29 is 34.1 Å². The Hall–Kier alpha value is -2.08. The molecule has 1 aliphatic carbocycles. The van der Waals surface area contributed by atoms with Gasteiger partial charge in [-0.25, -0.2) is 24.3 Å². The van der Waals surface area contributed by atoms with Crippen molar-refractivity contribution >= 4 is 11.1 Å². The van der Waals surface area contributed by atoms with E-state index in [-0.39, 0.29) is 34.1 Å². The van der Waals surface area contributed by atoms with Crippen LogP contribution in [0.2, 0.25) is 0 Å². The van der Waals surface area contributed by atoms with Crippen LogP contribution in [-0.2, 0) is 34.1 Å². The van der Waals surface area contributed by atoms with Crippen molar-refractivity contribution in [3.05, 3.63) is 132 Å². The van der Waals surface area contributed by atoms with Gasteiger partial charge in [0.25, 0.3) is 0 Å². The second-order valence-electron chi connectivity index (χ2n) is 5.43. The predicted molar refractivity (Wildman–Crippen MR) is 104 cm³/mol. The van der Waals surface area contributed by atoms with Crippen LogP contribution in [0.1, 0.15) is 11.1 Å². The minimum absolute atomic E-state index is 0. The van der Waals surface area contributed by atoms with E-state index >= 15 is 0 Å². The van der Waals surface area contributed by atoms with E-state index in [4.69, 9.17) is 0 Å². The molecule has 0 N–H and O–H groups in total. The van der Waals surface area contributed by atoms with Crippen molar-refractivity contribution in [3.63, 3.8) is 0 Å². The molecule has 0 radical (unpaired) electrons. The Bertz CT molecular complexity index is 719. The Labute approximate surface area is 177 Å². The monoisotopic (exact) mass is 420 g/mol. The van der Waals surface area contributed by atoms with Gasteiger partial charge < -0.3 is 0 Å². The van der Waals surface area contributed by atoms with Gasteiger partial charge in [0.2, 0.25) is 0 Å². The summed E-state index contributed by atoms with van der Waals surface area (Å²) in [6, 6.07) is 36.9. The molecule has 0 aromatic heterocycles. The first-order valence-electron chi connectivity index (χ1n) is 8.15. The van der Waals surface area contributed by atoms with Crippen molar-refractivity contribution in [2.75, 3.05) is 0 Å². The summed E-state index contributed by atoms with van der Waals surface area (Å²) in [7, 11) is 0. The maximum absolute atomic E-state index is 2.18. The molecule has 0 nitrogen and oxygen atoms in total. The number of allylic oxidation sites excluding steroid dienone is 4. The fourth-order valence-corrected chi connectivity index (χ4v) is 2.50. The van der Waals surface area contributed by atoms with Crippen molar-refractivity contribution in [2.45, 2.75) is 0 Å². The number of rotatable bonds is 2. The first-order valence-corrected chi connectivity index (χ1v) is 8.15. The summed E-state index contributed by atoms with van der Waals surface area (Å²) in [4.78, 5) is 0. The molecule has 0 bridgehead atoms. The molecule has 4 aromatic carbocycles. The minimum Gasteiger partial charge on any atom is -0.214 e. The van der Waals surface area contributed by atoms with Gasteiger partial charge in [0.15, 0.2) is 0 Å². The maximum atomic E-state index is 2.18. The van der Waals surface area contributed by atoms with Crippen LogP contribution in [0.4, 0.5) is 0 Å². The van der Waals surface area contributed by atoms with E-state index in [9.17, 15) is 0 Å². The second-order valence-corrected chi connectivity index (χ2v) is 5.43. The topological polar surface area (TPSA) is 0 Å². The van der Waals surface area contributed by atoms with Crippen molar-refractivity contribution in [3.8, 4) is 0 Å². The Morgan fingerprint density at radius 3 is 0.962 bits per heavy atom. The number of hydrogen-bond acceptors (Lipinski definition) is 0. The molecule has 0 fully saturated rings. The molecule has 5 rings (SSSR count). The minimum atomic E-state index is 0. The van der Waals surface area contributed by atoms with Gasteiger partial charge in [-0.05, 0) is 0 Å². The third-order valence-corrected chi connectivity index (χ3v) is 3.77. The van der Waals surface area contributed by atoms with Gasteiger partial charge in [0.05, 0.1) is 0 Å². The summed E-state index contributed by atoms with van der Waals surface area (Å²) in [6.07, 6.45) is 4.36. The zero-order chi connectivity index (χ0) is 16.5. The normalized spacial score (nSPS) is 10.9. The predicted octanol–water partition coefficient (Wildman–Crippen LogP) is 6.41. The molecule has 1 aliphatic rings. The molecule has 0 saturated heterocycles. The van der Waals surface area contributed by atoms with Crippen molar-refractivity contribution in [2.24, 2.45) is 0 Å². The van der Waals surface area contributed by atoms with Crippen LogP contribution in [0.15, 0.2) is 121 Å². The van der Waals surface area contributed by atoms with Gasteiger partial charge in [-0.1, -0.05) is 0 Å². The summed E-state index contributed by atoms with van der Waals surface area (Å²) < 4.78 is 0. The van der Waals surface area contributed by atoms with Gasteiger partial charge in [0, 0.05) is 0 Å². The molecule has 26 heavy (non-hydrogen) atoms. The Balaban J connectivity index is 0.000000235. The van der Waals surface area contributed by atoms with Crippen LogP contribution < -0.4 is 0 Å². The molecule has 0 amide bonds. The van der Waals surface area contributed by atoms with E-state index in [2.05, 4.69) is 60.7 Å². The van der Waals surface area contributed by atoms with Crippen LogP contribution >= 0.6 is 0 Å². The summed E-state index contributed by atoms with van der Waals surface area (Å²) in [5, 5.41) is 0. The summed E-state index contributed by atoms with van der Waals surface area (Å²) in [5.41, 5.74) is 5.37. The number of hydrogen-bond donors (Lipinski definition) is 0. The largest absolute Gasteiger partial charge is 2.00 e. The van der Waals surface area contributed by atoms with E-state index in [0.29, 0.717) is 0 Å². The molecular weight excluding hydrogens is 400 g/mol. The summed E-state index contributed by atoms with van der Waals surface area (Å²) in [6.45, 7) is 0. The molecule has 0 atom stereocenters. The second kappa shape index (κ2) is 12.3. The zero-order valence-electron chi connectivity index (χ0n) is 14.3. The zero-order valence-corrected chi connectivity index (χ0v) is 16.5. The maximum Gasteiger partial charge on any atom is 2.00 e. The van der Waals surface area contributed by atoms with Gasteiger partial charge in [-0.2, -0.15) is 84.0 Å². The summed E-state index contributed by atoms with van der Waals surface area (Å²) in [5.74, 6) is 0. The van der Waals surface area contributed by atoms with Crippen molar-refractivity contribution in [1.29, 1.82) is 0 Å². The molecule has 0 spiro atoms. The van der Waals surface area contributed by atoms with Crippen molar-refractivity contribution in [1.82, 2.24) is 0 Å². The van der Waals surface area contributed by atoms with Crippen LogP contribution in [0.3, 0.4) is 0 Å². The van der Waals surface area contributed by atoms with Gasteiger partial charge >= 0.3 is 34.1 Å². The molecule has 0 heterocycles. The fraction of sp³-hybridized carbons (Fsp3) is 0. The van der Waals surface area contributed by atoms with E-state index < -0.39 is 0 Å². The smallest absolute Gasteiger partial charge is 0.214 e. The van der Waals surface area contributed by atoms with Crippen LogP contribution in [0.25, 0.3) is 11.1 Å². The van der Waals surface area contributed by atoms with E-state index in [1.54, 1.807) is 0 Å². The average Bonchev–Trinajstić information content (AvgIpc) is 3.34. The molecule has 0 unspecified atom stereocenters. The Morgan fingerprint density at radius 1 is 0.462 bits per heavy atom. The van der Waals surface area contributed by atoms with Gasteiger partial charge in [-0.15, -0.1) is 35.4 Å². The Kier molecular flexibility index (Phi) is 10.4. The van der Waals surface area contributed by atoms with Crippen LogP contribution in [0, 0.1) is 0 Å². The first-order chi connectivity index (χ1) is 11.9. The molecular formula is C24H20Fe2. The fourth-order valence-electron chi connectivity index (χ4n) is 2.50. The molecule has 132 valence electrons. The van der Waals surface area contributed by atoms with E-state index in [1.807, 2.05) is 60.7 Å². The summed E-state index contributed by atoms with van der Waals surface area (Å²) >= 11 is 0.